The second-order valence-corrected chi connectivity index (χ2v) is 12.4. The zero-order chi connectivity index (χ0) is 23.1. The highest BCUT2D eigenvalue weighted by Gasteiger charge is 2.67. The number of carbonyl (C=O) groups excluding carboxylic acids is 1. The van der Waals surface area contributed by atoms with Gasteiger partial charge in [-0.3, -0.25) is 4.79 Å². The molecule has 3 atom stereocenters. The summed E-state index contributed by atoms with van der Waals surface area (Å²) in [7, 11) is 0. The number of fused-ring (bicyclic) bond motifs is 3. The van der Waals surface area contributed by atoms with E-state index in [1.54, 1.807) is 11.3 Å². The van der Waals surface area contributed by atoms with Gasteiger partial charge in [-0.15, -0.1) is 11.3 Å². The molecule has 34 heavy (non-hydrogen) atoms. The number of thiophene rings is 1. The van der Waals surface area contributed by atoms with Crippen LogP contribution in [0.1, 0.15) is 66.5 Å². The number of hydrogen-bond acceptors (Lipinski definition) is 5. The normalized spacial score (nSPS) is 38.1. The topological polar surface area (TPSA) is 67.9 Å². The van der Waals surface area contributed by atoms with E-state index in [4.69, 9.17) is 0 Å². The van der Waals surface area contributed by atoms with Crippen molar-refractivity contribution in [2.75, 3.05) is 0 Å². The fourth-order valence-electron chi connectivity index (χ4n) is 8.80. The van der Waals surface area contributed by atoms with Crippen molar-refractivity contribution in [3.8, 4) is 12.1 Å². The maximum Gasteiger partial charge on any atom is 0.178 e. The Morgan fingerprint density at radius 3 is 2.26 bits per heavy atom. The third-order valence-corrected chi connectivity index (χ3v) is 10.6. The van der Waals surface area contributed by atoms with Gasteiger partial charge in [0.15, 0.2) is 11.2 Å². The van der Waals surface area contributed by atoms with E-state index in [-0.39, 0.29) is 5.41 Å². The number of nitriles is 2. The van der Waals surface area contributed by atoms with Crippen LogP contribution in [0, 0.1) is 51.2 Å². The van der Waals surface area contributed by atoms with Crippen LogP contribution in [0.5, 0.6) is 0 Å². The van der Waals surface area contributed by atoms with Gasteiger partial charge in [-0.1, -0.05) is 30.3 Å². The first-order valence-electron chi connectivity index (χ1n) is 12.5. The number of benzene rings is 1. The van der Waals surface area contributed by atoms with Crippen molar-refractivity contribution >= 4 is 23.2 Å². The van der Waals surface area contributed by atoms with E-state index in [9.17, 15) is 15.3 Å². The summed E-state index contributed by atoms with van der Waals surface area (Å²) in [5.41, 5.74) is 0.404. The first-order valence-corrected chi connectivity index (χ1v) is 13.4. The average molecular weight is 466 g/mol. The van der Waals surface area contributed by atoms with E-state index >= 15 is 0 Å². The number of Topliss-reactive ketones (excluding diaryl/α,β-unsaturated/α-hetero) is 1. The average Bonchev–Trinajstić information content (AvgIpc) is 3.47. The van der Waals surface area contributed by atoms with Crippen molar-refractivity contribution in [3.63, 3.8) is 0 Å². The Morgan fingerprint density at radius 2 is 1.65 bits per heavy atom. The minimum absolute atomic E-state index is 0.286. The van der Waals surface area contributed by atoms with Gasteiger partial charge in [-0.2, -0.15) is 10.5 Å². The summed E-state index contributed by atoms with van der Waals surface area (Å²) in [4.78, 5) is 17.9. The molecule has 3 heterocycles. The van der Waals surface area contributed by atoms with Crippen LogP contribution in [0.15, 0.2) is 48.0 Å². The molecule has 0 N–H and O–H groups in total. The van der Waals surface area contributed by atoms with Gasteiger partial charge < -0.3 is 4.90 Å². The fourth-order valence-corrected chi connectivity index (χ4v) is 9.73. The van der Waals surface area contributed by atoms with Crippen LogP contribution in [-0.2, 0) is 4.79 Å². The maximum atomic E-state index is 14.8. The minimum atomic E-state index is -1.33. The van der Waals surface area contributed by atoms with Gasteiger partial charge in [-0.05, 0) is 84.9 Å². The molecule has 1 saturated heterocycles. The van der Waals surface area contributed by atoms with E-state index in [1.807, 2.05) is 48.0 Å². The van der Waals surface area contributed by atoms with E-state index in [2.05, 4.69) is 23.1 Å². The third kappa shape index (κ3) is 2.54. The van der Waals surface area contributed by atoms with Crippen LogP contribution >= 0.6 is 11.3 Å². The van der Waals surface area contributed by atoms with Crippen LogP contribution in [-0.4, -0.2) is 16.7 Å². The second kappa shape index (κ2) is 7.06. The Hall–Kier alpha value is -2.89. The highest BCUT2D eigenvalue weighted by molar-refractivity contribution is 7.10. The minimum Gasteiger partial charge on any atom is -0.357 e. The van der Waals surface area contributed by atoms with Gasteiger partial charge in [-0.25, -0.2) is 0 Å². The van der Waals surface area contributed by atoms with E-state index < -0.39 is 23.4 Å². The highest BCUT2D eigenvalue weighted by atomic mass is 32.1. The van der Waals surface area contributed by atoms with Gasteiger partial charge in [0.25, 0.3) is 0 Å². The molecule has 170 valence electrons. The summed E-state index contributed by atoms with van der Waals surface area (Å²) in [5.74, 6) is 1.85. The van der Waals surface area contributed by atoms with Crippen LogP contribution in [0.2, 0.25) is 0 Å². The first-order chi connectivity index (χ1) is 16.6. The quantitative estimate of drug-likeness (QED) is 0.552. The standard InChI is InChI=1S/C29H27N3OS/c30-16-29(17-31)24(23-6-3-9-34-23)25(32-8-7-21-4-1-2-5-22(21)26(29)32)27(33)28-13-18-10-19(14-28)12-20(11-18)15-28/h1-9,18-20,24-26H,10-15H2/t18?,19?,20?,24-,25-,26-,28?/m1/s1. The molecular formula is C29H27N3OS. The summed E-state index contributed by atoms with van der Waals surface area (Å²) < 4.78 is 0. The third-order valence-electron chi connectivity index (χ3n) is 9.62. The molecule has 0 radical (unpaired) electrons. The molecule has 5 fully saturated rings. The van der Waals surface area contributed by atoms with Gasteiger partial charge in [0.05, 0.1) is 30.1 Å². The van der Waals surface area contributed by atoms with Crippen molar-refractivity contribution in [1.82, 2.24) is 4.90 Å². The number of hydrogen-bond donors (Lipinski definition) is 0. The van der Waals surface area contributed by atoms with Crippen molar-refractivity contribution in [3.05, 3.63) is 64.0 Å². The summed E-state index contributed by atoms with van der Waals surface area (Å²) >= 11 is 1.57. The Bertz CT molecular complexity index is 1230. The summed E-state index contributed by atoms with van der Waals surface area (Å²) in [6, 6.07) is 16.1. The highest BCUT2D eigenvalue weighted by Crippen LogP contribution is 2.65. The summed E-state index contributed by atoms with van der Waals surface area (Å²) in [6.45, 7) is 0. The van der Waals surface area contributed by atoms with Crippen molar-refractivity contribution in [1.29, 1.82) is 10.5 Å². The molecular weight excluding hydrogens is 438 g/mol. The largest absolute Gasteiger partial charge is 0.357 e. The Kier molecular flexibility index (Phi) is 4.25. The molecule has 4 nitrogen and oxygen atoms in total. The Morgan fingerprint density at radius 1 is 0.971 bits per heavy atom. The molecule has 4 saturated carbocycles. The maximum absolute atomic E-state index is 14.8. The molecule has 8 rings (SSSR count). The summed E-state index contributed by atoms with van der Waals surface area (Å²) in [5, 5.41) is 23.3. The number of nitrogens with zero attached hydrogens (tertiary/aromatic N) is 3. The van der Waals surface area contributed by atoms with Gasteiger partial charge in [0.2, 0.25) is 0 Å². The molecule has 0 spiro atoms. The Labute approximate surface area is 204 Å². The fraction of sp³-hybridized carbons (Fsp3) is 0.483. The molecule has 5 heteroatoms. The molecule has 1 aromatic heterocycles. The van der Waals surface area contributed by atoms with Gasteiger partial charge >= 0.3 is 0 Å². The number of carbonyl (C=O) groups is 1. The molecule has 0 amide bonds. The number of ketones is 1. The Balaban J connectivity index is 1.42. The van der Waals surface area contributed by atoms with E-state index in [1.165, 1.54) is 19.3 Å². The van der Waals surface area contributed by atoms with E-state index in [0.29, 0.717) is 23.5 Å². The predicted octanol–water partition coefficient (Wildman–Crippen LogP) is 6.06. The molecule has 4 aliphatic carbocycles. The first kappa shape index (κ1) is 20.5. The lowest BCUT2D eigenvalue weighted by Crippen LogP contribution is -2.55. The molecule has 6 aliphatic rings. The molecule has 2 aromatic rings. The zero-order valence-electron chi connectivity index (χ0n) is 19.1. The molecule has 1 aromatic carbocycles. The lowest BCUT2D eigenvalue weighted by Gasteiger charge is -2.57. The molecule has 4 bridgehead atoms. The van der Waals surface area contributed by atoms with E-state index in [0.717, 1.165) is 35.3 Å². The molecule has 0 unspecified atom stereocenters. The number of rotatable bonds is 3. The van der Waals surface area contributed by atoms with Crippen molar-refractivity contribution in [2.45, 2.75) is 56.5 Å². The molecule has 2 aliphatic heterocycles. The van der Waals surface area contributed by atoms with Crippen LogP contribution < -0.4 is 0 Å². The predicted molar refractivity (Wildman–Crippen MR) is 130 cm³/mol. The van der Waals surface area contributed by atoms with Crippen LogP contribution in [0.3, 0.4) is 0 Å². The second-order valence-electron chi connectivity index (χ2n) is 11.4. The van der Waals surface area contributed by atoms with Gasteiger partial charge in [0.1, 0.15) is 0 Å². The monoisotopic (exact) mass is 465 g/mol. The van der Waals surface area contributed by atoms with Gasteiger partial charge in [0, 0.05) is 16.5 Å². The van der Waals surface area contributed by atoms with Crippen LogP contribution in [0.25, 0.3) is 6.08 Å². The van der Waals surface area contributed by atoms with Crippen molar-refractivity contribution in [2.24, 2.45) is 28.6 Å². The summed E-state index contributed by atoms with van der Waals surface area (Å²) in [6.07, 6.45) is 10.9. The zero-order valence-corrected chi connectivity index (χ0v) is 19.9. The van der Waals surface area contributed by atoms with Crippen molar-refractivity contribution < 1.29 is 4.79 Å². The lowest BCUT2D eigenvalue weighted by molar-refractivity contribution is -0.148. The lowest BCUT2D eigenvalue weighted by atomic mass is 9.47. The smallest absolute Gasteiger partial charge is 0.178 e. The van der Waals surface area contributed by atoms with Crippen LogP contribution in [0.4, 0.5) is 0 Å². The SMILES string of the molecule is N#CC1(C#N)[C@H](c2cccs2)[C@H](C(=O)C23CC4CC(CC(C4)C2)C3)N2C=Cc3ccccc3[C@@H]21.